The maximum absolute atomic E-state index is 13.1. The molecule has 1 fully saturated rings. The van der Waals surface area contributed by atoms with Crippen molar-refractivity contribution in [3.05, 3.63) is 16.3 Å². The first-order valence-electron chi connectivity index (χ1n) is 8.08. The SMILES string of the molecule is COCC(C)N(C(=O)C1CCCCC1)c1ccsc1C(=O)OC. The largest absolute Gasteiger partial charge is 0.465 e. The highest BCUT2D eigenvalue weighted by molar-refractivity contribution is 7.12. The molecular weight excluding hydrogens is 314 g/mol. The molecule has 0 radical (unpaired) electrons. The molecule has 0 aromatic carbocycles. The number of carbonyl (C=O) groups excluding carboxylic acids is 2. The van der Waals surface area contributed by atoms with Gasteiger partial charge in [0, 0.05) is 13.0 Å². The van der Waals surface area contributed by atoms with Crippen LogP contribution in [0.1, 0.15) is 48.7 Å². The fraction of sp³-hybridized carbons (Fsp3) is 0.647. The first kappa shape index (κ1) is 17.9. The van der Waals surface area contributed by atoms with Crippen molar-refractivity contribution in [1.29, 1.82) is 0 Å². The summed E-state index contributed by atoms with van der Waals surface area (Å²) in [5.74, 6) is -0.271. The summed E-state index contributed by atoms with van der Waals surface area (Å²) in [6.07, 6.45) is 5.23. The molecule has 1 aliphatic rings. The van der Waals surface area contributed by atoms with Crippen molar-refractivity contribution < 1.29 is 19.1 Å². The van der Waals surface area contributed by atoms with E-state index in [2.05, 4.69) is 0 Å². The number of nitrogens with zero attached hydrogens (tertiary/aromatic N) is 1. The lowest BCUT2D eigenvalue weighted by molar-refractivity contribution is -0.124. The van der Waals surface area contributed by atoms with Gasteiger partial charge >= 0.3 is 5.97 Å². The van der Waals surface area contributed by atoms with Gasteiger partial charge in [0.05, 0.1) is 25.4 Å². The molecule has 1 saturated carbocycles. The number of thiophene rings is 1. The van der Waals surface area contributed by atoms with Crippen LogP contribution in [-0.4, -0.2) is 38.7 Å². The maximum atomic E-state index is 13.1. The number of anilines is 1. The van der Waals surface area contributed by atoms with Crippen LogP contribution in [0.3, 0.4) is 0 Å². The number of rotatable bonds is 6. The Bertz CT molecular complexity index is 536. The van der Waals surface area contributed by atoms with E-state index in [0.29, 0.717) is 17.2 Å². The van der Waals surface area contributed by atoms with E-state index in [9.17, 15) is 9.59 Å². The standard InChI is InChI=1S/C17H25NO4S/c1-12(11-21-2)18(16(19)13-7-5-4-6-8-13)14-9-10-23-15(14)17(20)22-3/h9-10,12-13H,4-8,11H2,1-3H3. The lowest BCUT2D eigenvalue weighted by atomic mass is 9.88. The summed E-state index contributed by atoms with van der Waals surface area (Å²) in [5.41, 5.74) is 0.641. The highest BCUT2D eigenvalue weighted by Crippen LogP contribution is 2.33. The molecule has 0 aliphatic heterocycles. The Balaban J connectivity index is 2.32. The quantitative estimate of drug-likeness (QED) is 0.745. The summed E-state index contributed by atoms with van der Waals surface area (Å²) in [6, 6.07) is 1.69. The zero-order chi connectivity index (χ0) is 16.8. The van der Waals surface area contributed by atoms with Gasteiger partial charge in [0.1, 0.15) is 4.88 Å². The summed E-state index contributed by atoms with van der Waals surface area (Å²) in [6.45, 7) is 2.37. The molecule has 0 spiro atoms. The molecule has 1 heterocycles. The molecule has 5 nitrogen and oxygen atoms in total. The predicted octanol–water partition coefficient (Wildman–Crippen LogP) is 3.48. The minimum atomic E-state index is -0.402. The molecule has 1 amide bonds. The van der Waals surface area contributed by atoms with E-state index in [4.69, 9.17) is 9.47 Å². The molecule has 6 heteroatoms. The van der Waals surface area contributed by atoms with Gasteiger partial charge < -0.3 is 14.4 Å². The van der Waals surface area contributed by atoms with Crippen molar-refractivity contribution in [2.75, 3.05) is 25.7 Å². The van der Waals surface area contributed by atoms with E-state index in [1.807, 2.05) is 18.4 Å². The van der Waals surface area contributed by atoms with E-state index in [1.54, 1.807) is 12.0 Å². The predicted molar refractivity (Wildman–Crippen MR) is 91.1 cm³/mol. The number of methoxy groups -OCH3 is 2. The third-order valence-corrected chi connectivity index (χ3v) is 5.20. The second-order valence-electron chi connectivity index (χ2n) is 5.97. The van der Waals surface area contributed by atoms with Gasteiger partial charge in [-0.2, -0.15) is 0 Å². The van der Waals surface area contributed by atoms with Crippen LogP contribution in [0.5, 0.6) is 0 Å². The molecular formula is C17H25NO4S. The van der Waals surface area contributed by atoms with Crippen LogP contribution in [0, 0.1) is 5.92 Å². The summed E-state index contributed by atoms with van der Waals surface area (Å²) in [5, 5.41) is 1.82. The molecule has 1 unspecified atom stereocenters. The summed E-state index contributed by atoms with van der Waals surface area (Å²) in [4.78, 5) is 27.3. The first-order valence-corrected chi connectivity index (χ1v) is 8.96. The average molecular weight is 339 g/mol. The first-order chi connectivity index (χ1) is 11.1. The molecule has 2 rings (SSSR count). The van der Waals surface area contributed by atoms with Crippen molar-refractivity contribution >= 4 is 28.9 Å². The molecule has 1 aromatic heterocycles. The average Bonchev–Trinajstić information content (AvgIpc) is 3.04. The number of carbonyl (C=O) groups is 2. The highest BCUT2D eigenvalue weighted by Gasteiger charge is 2.32. The second-order valence-corrected chi connectivity index (χ2v) is 6.89. The third-order valence-electron chi connectivity index (χ3n) is 4.32. The van der Waals surface area contributed by atoms with E-state index in [1.165, 1.54) is 24.9 Å². The van der Waals surface area contributed by atoms with E-state index in [-0.39, 0.29) is 17.9 Å². The minimum Gasteiger partial charge on any atom is -0.465 e. The molecule has 128 valence electrons. The Morgan fingerprint density at radius 3 is 2.61 bits per heavy atom. The van der Waals surface area contributed by atoms with Crippen molar-refractivity contribution in [1.82, 2.24) is 0 Å². The van der Waals surface area contributed by atoms with Crippen molar-refractivity contribution in [3.63, 3.8) is 0 Å². The highest BCUT2D eigenvalue weighted by atomic mass is 32.1. The van der Waals surface area contributed by atoms with E-state index >= 15 is 0 Å². The maximum Gasteiger partial charge on any atom is 0.350 e. The van der Waals surface area contributed by atoms with Crippen molar-refractivity contribution in [3.8, 4) is 0 Å². The molecule has 1 aromatic rings. The third kappa shape index (κ3) is 4.12. The van der Waals surface area contributed by atoms with Crippen LogP contribution in [0.25, 0.3) is 0 Å². The lowest BCUT2D eigenvalue weighted by Crippen LogP contribution is -2.45. The van der Waals surface area contributed by atoms with Crippen LogP contribution in [0.4, 0.5) is 5.69 Å². The number of hydrogen-bond donors (Lipinski definition) is 0. The summed E-state index contributed by atoms with van der Waals surface area (Å²) >= 11 is 1.30. The Kier molecular flexibility index (Phi) is 6.59. The molecule has 23 heavy (non-hydrogen) atoms. The van der Waals surface area contributed by atoms with Crippen LogP contribution >= 0.6 is 11.3 Å². The van der Waals surface area contributed by atoms with Crippen molar-refractivity contribution in [2.45, 2.75) is 45.1 Å². The van der Waals surface area contributed by atoms with E-state index in [0.717, 1.165) is 25.7 Å². The Labute approximate surface area is 141 Å². The van der Waals surface area contributed by atoms with Gasteiger partial charge in [0.2, 0.25) is 5.91 Å². The summed E-state index contributed by atoms with van der Waals surface area (Å²) in [7, 11) is 2.98. The fourth-order valence-corrected chi connectivity index (χ4v) is 3.97. The zero-order valence-corrected chi connectivity index (χ0v) is 14.9. The van der Waals surface area contributed by atoms with Crippen LogP contribution in [0.15, 0.2) is 11.4 Å². The Hall–Kier alpha value is -1.40. The number of esters is 1. The van der Waals surface area contributed by atoms with Gasteiger partial charge in [0.15, 0.2) is 0 Å². The Morgan fingerprint density at radius 1 is 1.30 bits per heavy atom. The van der Waals surface area contributed by atoms with Crippen LogP contribution in [-0.2, 0) is 14.3 Å². The molecule has 0 bridgehead atoms. The van der Waals surface area contributed by atoms with Gasteiger partial charge in [-0.25, -0.2) is 4.79 Å². The van der Waals surface area contributed by atoms with Gasteiger partial charge in [0.25, 0.3) is 0 Å². The Morgan fingerprint density at radius 2 is 2.00 bits per heavy atom. The number of ether oxygens (including phenoxy) is 2. The molecule has 1 atom stereocenters. The van der Waals surface area contributed by atoms with Crippen molar-refractivity contribution in [2.24, 2.45) is 5.92 Å². The lowest BCUT2D eigenvalue weighted by Gasteiger charge is -2.33. The summed E-state index contributed by atoms with van der Waals surface area (Å²) < 4.78 is 10.1. The topological polar surface area (TPSA) is 55.8 Å². The molecule has 0 N–H and O–H groups in total. The monoisotopic (exact) mass is 339 g/mol. The van der Waals surface area contributed by atoms with E-state index < -0.39 is 5.97 Å². The normalized spacial score (nSPS) is 16.8. The minimum absolute atomic E-state index is 0.0356. The molecule has 1 aliphatic carbocycles. The fourth-order valence-electron chi connectivity index (χ4n) is 3.17. The van der Waals surface area contributed by atoms with Gasteiger partial charge in [-0.05, 0) is 31.2 Å². The molecule has 0 saturated heterocycles. The van der Waals surface area contributed by atoms with Crippen LogP contribution in [0.2, 0.25) is 0 Å². The van der Waals surface area contributed by atoms with Gasteiger partial charge in [-0.15, -0.1) is 11.3 Å². The number of hydrogen-bond acceptors (Lipinski definition) is 5. The number of amides is 1. The van der Waals surface area contributed by atoms with Gasteiger partial charge in [-0.3, -0.25) is 4.79 Å². The zero-order valence-electron chi connectivity index (χ0n) is 14.0. The van der Waals surface area contributed by atoms with Gasteiger partial charge in [-0.1, -0.05) is 19.3 Å². The van der Waals surface area contributed by atoms with Crippen LogP contribution < -0.4 is 4.90 Å². The second kappa shape index (κ2) is 8.45. The smallest absolute Gasteiger partial charge is 0.350 e.